The fourth-order valence-electron chi connectivity index (χ4n) is 2.17. The first-order chi connectivity index (χ1) is 9.15. The molecule has 4 heteroatoms. The summed E-state index contributed by atoms with van der Waals surface area (Å²) >= 11 is 0. The zero-order chi connectivity index (χ0) is 13.4. The first-order valence-corrected chi connectivity index (χ1v) is 6.16. The first-order valence-electron chi connectivity index (χ1n) is 6.16. The van der Waals surface area contributed by atoms with Crippen LogP contribution in [0.25, 0.3) is 22.2 Å². The second-order valence-electron chi connectivity index (χ2n) is 4.82. The van der Waals surface area contributed by atoms with Gasteiger partial charge >= 0.3 is 0 Å². The summed E-state index contributed by atoms with van der Waals surface area (Å²) < 4.78 is 0. The fraction of sp³-hybridized carbons (Fsp3) is 0.133. The summed E-state index contributed by atoms with van der Waals surface area (Å²) in [5.74, 6) is 0. The Labute approximate surface area is 111 Å². The van der Waals surface area contributed by atoms with Crippen LogP contribution in [0.3, 0.4) is 0 Å². The molecule has 3 aromatic rings. The van der Waals surface area contributed by atoms with Crippen LogP contribution in [-0.2, 0) is 0 Å². The second kappa shape index (κ2) is 4.31. The topological polar surface area (TPSA) is 57.9 Å². The Balaban J connectivity index is 2.09. The second-order valence-corrected chi connectivity index (χ2v) is 4.82. The molecule has 2 aromatic carbocycles. The summed E-state index contributed by atoms with van der Waals surface area (Å²) in [5, 5.41) is 8.50. The summed E-state index contributed by atoms with van der Waals surface area (Å²) in [6.45, 7) is 0. The van der Waals surface area contributed by atoms with E-state index in [-0.39, 0.29) is 0 Å². The van der Waals surface area contributed by atoms with E-state index >= 15 is 0 Å². The van der Waals surface area contributed by atoms with Crippen molar-refractivity contribution in [1.82, 2.24) is 10.2 Å². The van der Waals surface area contributed by atoms with Crippen molar-refractivity contribution in [2.24, 2.45) is 0 Å². The summed E-state index contributed by atoms with van der Waals surface area (Å²) in [6, 6.07) is 14.2. The predicted octanol–water partition coefficient (Wildman–Crippen LogP) is 2.88. The van der Waals surface area contributed by atoms with Crippen molar-refractivity contribution in [2.75, 3.05) is 24.7 Å². The van der Waals surface area contributed by atoms with Gasteiger partial charge in [-0.2, -0.15) is 5.10 Å². The Morgan fingerprint density at radius 3 is 2.47 bits per heavy atom. The molecule has 4 nitrogen and oxygen atoms in total. The highest BCUT2D eigenvalue weighted by Gasteiger charge is 2.08. The van der Waals surface area contributed by atoms with Gasteiger partial charge in [0.15, 0.2) is 0 Å². The van der Waals surface area contributed by atoms with Gasteiger partial charge in [0, 0.05) is 36.4 Å². The van der Waals surface area contributed by atoms with Crippen LogP contribution < -0.4 is 10.6 Å². The molecule has 0 bridgehead atoms. The molecule has 0 aliphatic heterocycles. The number of benzene rings is 2. The average molecular weight is 252 g/mol. The number of fused-ring (bicyclic) bond motifs is 1. The van der Waals surface area contributed by atoms with Crippen LogP contribution in [0.4, 0.5) is 11.4 Å². The average Bonchev–Trinajstić information content (AvgIpc) is 2.81. The molecule has 1 aromatic heterocycles. The highest BCUT2D eigenvalue weighted by Crippen LogP contribution is 2.28. The van der Waals surface area contributed by atoms with Gasteiger partial charge < -0.3 is 10.6 Å². The smallest absolute Gasteiger partial charge is 0.0999 e. The number of aromatic amines is 1. The van der Waals surface area contributed by atoms with E-state index in [1.807, 2.05) is 32.3 Å². The molecular weight excluding hydrogens is 236 g/mol. The molecule has 0 unspecified atom stereocenters. The summed E-state index contributed by atoms with van der Waals surface area (Å²) in [7, 11) is 4.06. The van der Waals surface area contributed by atoms with Gasteiger partial charge in [0.1, 0.15) is 0 Å². The zero-order valence-electron chi connectivity index (χ0n) is 11.0. The van der Waals surface area contributed by atoms with E-state index in [0.717, 1.165) is 27.8 Å². The lowest BCUT2D eigenvalue weighted by atomic mass is 10.1. The van der Waals surface area contributed by atoms with E-state index in [9.17, 15) is 0 Å². The van der Waals surface area contributed by atoms with E-state index < -0.39 is 0 Å². The maximum absolute atomic E-state index is 5.77. The maximum atomic E-state index is 5.77. The molecule has 0 radical (unpaired) electrons. The molecular formula is C15H16N4. The molecule has 0 spiro atoms. The minimum Gasteiger partial charge on any atom is -0.399 e. The highest BCUT2D eigenvalue weighted by atomic mass is 15.1. The van der Waals surface area contributed by atoms with E-state index in [1.54, 1.807) is 0 Å². The first kappa shape index (κ1) is 11.6. The van der Waals surface area contributed by atoms with Crippen molar-refractivity contribution in [3.63, 3.8) is 0 Å². The van der Waals surface area contributed by atoms with E-state index in [0.29, 0.717) is 0 Å². The molecule has 3 rings (SSSR count). The Morgan fingerprint density at radius 2 is 1.79 bits per heavy atom. The van der Waals surface area contributed by atoms with Gasteiger partial charge in [-0.1, -0.05) is 12.1 Å². The molecule has 0 aliphatic rings. The third-order valence-corrected chi connectivity index (χ3v) is 3.24. The van der Waals surface area contributed by atoms with Crippen molar-refractivity contribution in [3.8, 4) is 11.3 Å². The van der Waals surface area contributed by atoms with Gasteiger partial charge in [0.2, 0.25) is 0 Å². The van der Waals surface area contributed by atoms with Crippen LogP contribution >= 0.6 is 0 Å². The number of hydrogen-bond donors (Lipinski definition) is 2. The highest BCUT2D eigenvalue weighted by molar-refractivity contribution is 5.94. The molecule has 19 heavy (non-hydrogen) atoms. The predicted molar refractivity (Wildman–Crippen MR) is 80.3 cm³/mol. The van der Waals surface area contributed by atoms with E-state index in [4.69, 9.17) is 5.73 Å². The normalized spacial score (nSPS) is 10.8. The minimum absolute atomic E-state index is 0.741. The van der Waals surface area contributed by atoms with Crippen molar-refractivity contribution in [1.29, 1.82) is 0 Å². The maximum Gasteiger partial charge on any atom is 0.0999 e. The number of nitrogens with two attached hydrogens (primary N) is 1. The van der Waals surface area contributed by atoms with Crippen LogP contribution in [0.15, 0.2) is 42.5 Å². The van der Waals surface area contributed by atoms with Gasteiger partial charge in [-0.3, -0.25) is 5.10 Å². The number of nitrogens with zero attached hydrogens (tertiary/aromatic N) is 2. The molecule has 0 atom stereocenters. The molecule has 0 saturated carbocycles. The van der Waals surface area contributed by atoms with Crippen molar-refractivity contribution < 1.29 is 0 Å². The van der Waals surface area contributed by atoms with Crippen LogP contribution in [0.1, 0.15) is 0 Å². The van der Waals surface area contributed by atoms with Crippen molar-refractivity contribution in [2.45, 2.75) is 0 Å². The molecule has 1 heterocycles. The Kier molecular flexibility index (Phi) is 2.63. The van der Waals surface area contributed by atoms with Gasteiger partial charge in [0.05, 0.1) is 11.2 Å². The third-order valence-electron chi connectivity index (χ3n) is 3.24. The summed E-state index contributed by atoms with van der Waals surface area (Å²) in [6.07, 6.45) is 0. The van der Waals surface area contributed by atoms with Crippen LogP contribution in [0, 0.1) is 0 Å². The lowest BCUT2D eigenvalue weighted by Gasteiger charge is -2.12. The molecule has 3 N–H and O–H groups in total. The summed E-state index contributed by atoms with van der Waals surface area (Å²) in [5.41, 5.74) is 10.7. The number of aromatic nitrogens is 2. The molecule has 0 amide bonds. The monoisotopic (exact) mass is 252 g/mol. The number of rotatable bonds is 2. The van der Waals surface area contributed by atoms with Crippen LogP contribution in [-0.4, -0.2) is 24.3 Å². The van der Waals surface area contributed by atoms with E-state index in [2.05, 4.69) is 39.4 Å². The quantitative estimate of drug-likeness (QED) is 0.689. The number of hydrogen-bond acceptors (Lipinski definition) is 3. The van der Waals surface area contributed by atoms with Crippen LogP contribution in [0.5, 0.6) is 0 Å². The SMILES string of the molecule is CN(C)c1ccc(-c2n[nH]c3cc(N)ccc23)cc1. The van der Waals surface area contributed by atoms with Gasteiger partial charge in [-0.15, -0.1) is 0 Å². The molecule has 0 fully saturated rings. The fourth-order valence-corrected chi connectivity index (χ4v) is 2.17. The number of nitrogens with one attached hydrogen (secondary N) is 1. The molecule has 0 saturated heterocycles. The largest absolute Gasteiger partial charge is 0.399 e. The van der Waals surface area contributed by atoms with Gasteiger partial charge in [-0.05, 0) is 30.3 Å². The summed E-state index contributed by atoms with van der Waals surface area (Å²) in [4.78, 5) is 2.08. The lowest BCUT2D eigenvalue weighted by molar-refractivity contribution is 1.12. The Hall–Kier alpha value is -2.49. The Bertz CT molecular complexity index is 711. The number of anilines is 2. The van der Waals surface area contributed by atoms with Crippen molar-refractivity contribution in [3.05, 3.63) is 42.5 Å². The molecule has 0 aliphatic carbocycles. The number of H-pyrrole nitrogens is 1. The standard InChI is InChI=1S/C15H16N4/c1-19(2)12-6-3-10(4-7-12)15-13-8-5-11(16)9-14(13)17-18-15/h3-9H,16H2,1-2H3,(H,17,18). The minimum atomic E-state index is 0.741. The third kappa shape index (κ3) is 2.01. The number of nitrogen functional groups attached to an aromatic ring is 1. The zero-order valence-corrected chi connectivity index (χ0v) is 11.0. The lowest BCUT2D eigenvalue weighted by Crippen LogP contribution is -2.07. The van der Waals surface area contributed by atoms with E-state index in [1.165, 1.54) is 5.69 Å². The van der Waals surface area contributed by atoms with Crippen LogP contribution in [0.2, 0.25) is 0 Å². The van der Waals surface area contributed by atoms with Crippen molar-refractivity contribution >= 4 is 22.3 Å². The molecule has 96 valence electrons. The van der Waals surface area contributed by atoms with Gasteiger partial charge in [0.25, 0.3) is 0 Å². The Morgan fingerprint density at radius 1 is 1.05 bits per heavy atom. The van der Waals surface area contributed by atoms with Gasteiger partial charge in [-0.25, -0.2) is 0 Å².